The highest BCUT2D eigenvalue weighted by atomic mass is 14.3. The van der Waals surface area contributed by atoms with Crippen molar-refractivity contribution in [2.45, 2.75) is 6.42 Å². The smallest absolute Gasteiger partial charge is 0.0000886 e. The van der Waals surface area contributed by atoms with Gasteiger partial charge in [0.2, 0.25) is 0 Å². The van der Waals surface area contributed by atoms with Crippen molar-refractivity contribution in [3.8, 4) is 33.4 Å². The third-order valence-corrected chi connectivity index (χ3v) is 5.05. The predicted molar refractivity (Wildman–Crippen MR) is 104 cm³/mol. The first-order valence-electron chi connectivity index (χ1n) is 8.68. The average Bonchev–Trinajstić information content (AvgIpc) is 3.08. The second-order valence-corrected chi connectivity index (χ2v) is 6.49. The van der Waals surface area contributed by atoms with Gasteiger partial charge in [0.15, 0.2) is 0 Å². The molecule has 1 aliphatic rings. The van der Waals surface area contributed by atoms with Crippen LogP contribution in [0, 0.1) is 6.07 Å². The molecule has 5 rings (SSSR count). The minimum absolute atomic E-state index is 0.955. The quantitative estimate of drug-likeness (QED) is 0.354. The molecular weight excluding hydrogens is 300 g/mol. The Hall–Kier alpha value is -3.12. The fraction of sp³-hybridized carbons (Fsp3) is 0.0400. The summed E-state index contributed by atoms with van der Waals surface area (Å²) in [6, 6.07) is 35.7. The molecule has 0 saturated heterocycles. The molecule has 0 nitrogen and oxygen atoms in total. The second-order valence-electron chi connectivity index (χ2n) is 6.49. The summed E-state index contributed by atoms with van der Waals surface area (Å²) in [5, 5.41) is 0. The largest absolute Gasteiger partial charge is 0.0622 e. The highest BCUT2D eigenvalue weighted by Gasteiger charge is 2.24. The molecule has 0 unspecified atom stereocenters. The third-order valence-electron chi connectivity index (χ3n) is 5.05. The van der Waals surface area contributed by atoms with Gasteiger partial charge in [-0.25, -0.2) is 0 Å². The van der Waals surface area contributed by atoms with E-state index in [0.29, 0.717) is 0 Å². The van der Waals surface area contributed by atoms with E-state index in [2.05, 4.69) is 91.0 Å². The average molecular weight is 317 g/mol. The van der Waals surface area contributed by atoms with Gasteiger partial charge in [0.25, 0.3) is 0 Å². The van der Waals surface area contributed by atoms with E-state index in [1.807, 2.05) is 6.07 Å². The first-order chi connectivity index (χ1) is 12.4. The zero-order chi connectivity index (χ0) is 16.6. The summed E-state index contributed by atoms with van der Waals surface area (Å²) in [6.45, 7) is 0. The minimum atomic E-state index is 0.955. The molecule has 0 aromatic heterocycles. The number of fused-ring (bicyclic) bond motifs is 3. The summed E-state index contributed by atoms with van der Waals surface area (Å²) in [5.41, 5.74) is 10.6. The number of rotatable bonds is 2. The van der Waals surface area contributed by atoms with Crippen molar-refractivity contribution in [3.05, 3.63) is 108 Å². The van der Waals surface area contributed by atoms with Crippen LogP contribution in [0.1, 0.15) is 11.1 Å². The molecule has 1 radical (unpaired) electrons. The highest BCUT2D eigenvalue weighted by molar-refractivity contribution is 5.94. The SMILES string of the molecule is [c]1cccc2c1Cc1c(-c3ccccc3)ccc(-c3ccccc3)c1-2. The van der Waals surface area contributed by atoms with Gasteiger partial charge >= 0.3 is 0 Å². The molecule has 4 aromatic carbocycles. The summed E-state index contributed by atoms with van der Waals surface area (Å²) in [4.78, 5) is 0. The fourth-order valence-corrected chi connectivity index (χ4v) is 3.91. The van der Waals surface area contributed by atoms with Gasteiger partial charge in [-0.15, -0.1) is 0 Å². The lowest BCUT2D eigenvalue weighted by atomic mass is 9.89. The van der Waals surface area contributed by atoms with Crippen LogP contribution < -0.4 is 0 Å². The van der Waals surface area contributed by atoms with Crippen molar-refractivity contribution in [1.82, 2.24) is 0 Å². The van der Waals surface area contributed by atoms with Gasteiger partial charge in [0, 0.05) is 0 Å². The topological polar surface area (TPSA) is 0 Å². The lowest BCUT2D eigenvalue weighted by Gasteiger charge is -2.14. The maximum Gasteiger partial charge on any atom is -0.0000886 e. The van der Waals surface area contributed by atoms with Gasteiger partial charge in [-0.05, 0) is 57.0 Å². The monoisotopic (exact) mass is 317 g/mol. The van der Waals surface area contributed by atoms with Crippen molar-refractivity contribution in [1.29, 1.82) is 0 Å². The molecule has 1 aliphatic carbocycles. The van der Waals surface area contributed by atoms with Gasteiger partial charge in [-0.3, -0.25) is 0 Å². The Balaban J connectivity index is 1.81. The van der Waals surface area contributed by atoms with E-state index >= 15 is 0 Å². The number of benzene rings is 4. The second kappa shape index (κ2) is 5.75. The van der Waals surface area contributed by atoms with Crippen LogP contribution in [0.3, 0.4) is 0 Å². The molecular formula is C25H17. The first kappa shape index (κ1) is 14.2. The van der Waals surface area contributed by atoms with E-state index in [9.17, 15) is 0 Å². The standard InChI is InChI=1S/C25H17/c1-3-9-18(10-4-1)21-15-16-23(19-11-5-2-6-12-19)25-22-14-8-7-13-20(22)17-24(21)25/h1-12,14-16H,17H2. The molecule has 25 heavy (non-hydrogen) atoms. The zero-order valence-corrected chi connectivity index (χ0v) is 13.9. The molecule has 0 spiro atoms. The molecule has 0 atom stereocenters. The minimum Gasteiger partial charge on any atom is -0.0622 e. The third kappa shape index (κ3) is 2.30. The first-order valence-corrected chi connectivity index (χ1v) is 8.68. The van der Waals surface area contributed by atoms with Crippen LogP contribution in [-0.2, 0) is 6.42 Å². The molecule has 0 amide bonds. The molecule has 117 valence electrons. The lowest BCUT2D eigenvalue weighted by Crippen LogP contribution is -1.91. The Morgan fingerprint density at radius 2 is 1.20 bits per heavy atom. The summed E-state index contributed by atoms with van der Waals surface area (Å²) in [6.07, 6.45) is 0.955. The van der Waals surface area contributed by atoms with Crippen LogP contribution in [0.25, 0.3) is 33.4 Å². The molecule has 0 N–H and O–H groups in total. The molecule has 0 aliphatic heterocycles. The molecule has 4 aromatic rings. The highest BCUT2D eigenvalue weighted by Crippen LogP contribution is 2.46. The number of hydrogen-bond donors (Lipinski definition) is 0. The maximum atomic E-state index is 3.45. The Kier molecular flexibility index (Phi) is 3.28. The Morgan fingerprint density at radius 3 is 1.92 bits per heavy atom. The fourth-order valence-electron chi connectivity index (χ4n) is 3.91. The van der Waals surface area contributed by atoms with E-state index in [1.54, 1.807) is 0 Å². The molecule has 0 heterocycles. The van der Waals surface area contributed by atoms with Crippen molar-refractivity contribution in [2.75, 3.05) is 0 Å². The number of hydrogen-bond acceptors (Lipinski definition) is 0. The summed E-state index contributed by atoms with van der Waals surface area (Å²) < 4.78 is 0. The van der Waals surface area contributed by atoms with Gasteiger partial charge < -0.3 is 0 Å². The van der Waals surface area contributed by atoms with E-state index in [-0.39, 0.29) is 0 Å². The van der Waals surface area contributed by atoms with Crippen LogP contribution in [0.4, 0.5) is 0 Å². The summed E-state index contributed by atoms with van der Waals surface area (Å²) in [7, 11) is 0. The van der Waals surface area contributed by atoms with Crippen LogP contribution >= 0.6 is 0 Å². The van der Waals surface area contributed by atoms with Gasteiger partial charge in [0.05, 0.1) is 0 Å². The van der Waals surface area contributed by atoms with Crippen LogP contribution in [0.5, 0.6) is 0 Å². The van der Waals surface area contributed by atoms with E-state index < -0.39 is 0 Å². The maximum absolute atomic E-state index is 3.45. The normalized spacial score (nSPS) is 11.8. The van der Waals surface area contributed by atoms with Crippen molar-refractivity contribution in [2.24, 2.45) is 0 Å². The Morgan fingerprint density at radius 1 is 0.560 bits per heavy atom. The van der Waals surface area contributed by atoms with Gasteiger partial charge in [-0.2, -0.15) is 0 Å². The van der Waals surface area contributed by atoms with Crippen LogP contribution in [-0.4, -0.2) is 0 Å². The van der Waals surface area contributed by atoms with Gasteiger partial charge in [-0.1, -0.05) is 91.0 Å². The van der Waals surface area contributed by atoms with E-state index in [1.165, 1.54) is 44.5 Å². The zero-order valence-electron chi connectivity index (χ0n) is 13.9. The van der Waals surface area contributed by atoms with Gasteiger partial charge in [0.1, 0.15) is 0 Å². The van der Waals surface area contributed by atoms with Crippen molar-refractivity contribution >= 4 is 0 Å². The van der Waals surface area contributed by atoms with Crippen molar-refractivity contribution in [3.63, 3.8) is 0 Å². The van der Waals surface area contributed by atoms with E-state index in [0.717, 1.165) is 6.42 Å². The Labute approximate surface area is 148 Å². The Bertz CT molecular complexity index is 1040. The van der Waals surface area contributed by atoms with Crippen LogP contribution in [0.15, 0.2) is 91.0 Å². The predicted octanol–water partition coefficient (Wildman–Crippen LogP) is 6.39. The summed E-state index contributed by atoms with van der Waals surface area (Å²) in [5.74, 6) is 0. The molecule has 0 fully saturated rings. The lowest BCUT2D eigenvalue weighted by molar-refractivity contribution is 1.26. The van der Waals surface area contributed by atoms with E-state index in [4.69, 9.17) is 0 Å². The molecule has 0 heteroatoms. The summed E-state index contributed by atoms with van der Waals surface area (Å²) >= 11 is 0. The molecule has 0 bridgehead atoms. The van der Waals surface area contributed by atoms with Crippen molar-refractivity contribution < 1.29 is 0 Å². The molecule has 0 saturated carbocycles. The van der Waals surface area contributed by atoms with Crippen LogP contribution in [0.2, 0.25) is 0 Å².